The van der Waals surface area contributed by atoms with Crippen molar-refractivity contribution in [3.05, 3.63) is 59.4 Å². The van der Waals surface area contributed by atoms with Gasteiger partial charge in [0, 0.05) is 23.7 Å². The summed E-state index contributed by atoms with van der Waals surface area (Å²) in [5.74, 6) is -1.55. The molecular formula is C16H16F3N. The zero-order valence-corrected chi connectivity index (χ0v) is 11.4. The van der Waals surface area contributed by atoms with Crippen LogP contribution < -0.4 is 5.32 Å². The van der Waals surface area contributed by atoms with E-state index in [1.165, 1.54) is 6.07 Å². The first-order valence-corrected chi connectivity index (χ1v) is 6.44. The fourth-order valence-corrected chi connectivity index (χ4v) is 1.89. The molecule has 2 rings (SSSR count). The molecule has 0 spiro atoms. The average Bonchev–Trinajstić information content (AvgIpc) is 2.40. The van der Waals surface area contributed by atoms with Crippen LogP contribution in [0.25, 0.3) is 11.1 Å². The molecule has 0 atom stereocenters. The zero-order valence-electron chi connectivity index (χ0n) is 11.4. The Balaban J connectivity index is 2.31. The molecule has 0 fully saturated rings. The Morgan fingerprint density at radius 3 is 2.35 bits per heavy atom. The molecule has 20 heavy (non-hydrogen) atoms. The highest BCUT2D eigenvalue weighted by Crippen LogP contribution is 2.25. The summed E-state index contributed by atoms with van der Waals surface area (Å²) in [6.45, 7) is 4.33. The van der Waals surface area contributed by atoms with Crippen molar-refractivity contribution in [2.75, 3.05) is 0 Å². The maximum Gasteiger partial charge on any atom is 0.131 e. The fraction of sp³-hybridized carbons (Fsp3) is 0.250. The molecule has 0 aromatic heterocycles. The zero-order chi connectivity index (χ0) is 14.7. The van der Waals surface area contributed by atoms with Crippen LogP contribution in [0.5, 0.6) is 0 Å². The van der Waals surface area contributed by atoms with Gasteiger partial charge in [0.05, 0.1) is 0 Å². The Morgan fingerprint density at radius 1 is 0.950 bits per heavy atom. The van der Waals surface area contributed by atoms with E-state index in [-0.39, 0.29) is 11.6 Å². The van der Waals surface area contributed by atoms with Gasteiger partial charge in [-0.05, 0) is 29.8 Å². The molecule has 106 valence electrons. The van der Waals surface area contributed by atoms with E-state index in [1.807, 2.05) is 13.8 Å². The van der Waals surface area contributed by atoms with E-state index in [4.69, 9.17) is 0 Å². The summed E-state index contributed by atoms with van der Waals surface area (Å²) < 4.78 is 40.8. The molecule has 0 bridgehead atoms. The summed E-state index contributed by atoms with van der Waals surface area (Å²) in [5, 5.41) is 3.11. The van der Waals surface area contributed by atoms with E-state index in [2.05, 4.69) is 5.32 Å². The second kappa shape index (κ2) is 6.09. The standard InChI is InChI=1S/C16H16F3N/c1-10(2)20-9-12-4-3-11(7-16(12)19)14-8-13(17)5-6-15(14)18/h3-8,10,20H,9H2,1-2H3. The van der Waals surface area contributed by atoms with Crippen LogP contribution in [-0.4, -0.2) is 6.04 Å². The Kier molecular flexibility index (Phi) is 4.45. The van der Waals surface area contributed by atoms with E-state index in [0.29, 0.717) is 17.7 Å². The SMILES string of the molecule is CC(C)NCc1ccc(-c2cc(F)ccc2F)cc1F. The minimum Gasteiger partial charge on any atom is -0.310 e. The van der Waals surface area contributed by atoms with Crippen LogP contribution in [0, 0.1) is 17.5 Å². The molecule has 2 aromatic rings. The molecule has 0 radical (unpaired) electrons. The highest BCUT2D eigenvalue weighted by molar-refractivity contribution is 5.64. The van der Waals surface area contributed by atoms with Crippen LogP contribution in [0.3, 0.4) is 0 Å². The first-order valence-electron chi connectivity index (χ1n) is 6.44. The maximum atomic E-state index is 14.0. The highest BCUT2D eigenvalue weighted by Gasteiger charge is 2.10. The lowest BCUT2D eigenvalue weighted by Crippen LogP contribution is -2.22. The van der Waals surface area contributed by atoms with Gasteiger partial charge in [0.2, 0.25) is 0 Å². The summed E-state index contributed by atoms with van der Waals surface area (Å²) >= 11 is 0. The van der Waals surface area contributed by atoms with Gasteiger partial charge in [0.15, 0.2) is 0 Å². The van der Waals surface area contributed by atoms with E-state index in [1.54, 1.807) is 12.1 Å². The summed E-state index contributed by atoms with van der Waals surface area (Å²) in [7, 11) is 0. The molecule has 0 saturated heterocycles. The van der Waals surface area contributed by atoms with Gasteiger partial charge in [0.1, 0.15) is 17.5 Å². The van der Waals surface area contributed by atoms with Crippen molar-refractivity contribution in [3.8, 4) is 11.1 Å². The number of benzene rings is 2. The molecule has 0 saturated carbocycles. The molecule has 0 aliphatic heterocycles. The van der Waals surface area contributed by atoms with Gasteiger partial charge < -0.3 is 5.32 Å². The number of halogens is 3. The third-order valence-corrected chi connectivity index (χ3v) is 2.99. The molecule has 0 amide bonds. The lowest BCUT2D eigenvalue weighted by atomic mass is 10.0. The van der Waals surface area contributed by atoms with Crippen molar-refractivity contribution >= 4 is 0 Å². The molecule has 0 aliphatic rings. The molecule has 1 N–H and O–H groups in total. The predicted octanol–water partition coefficient (Wildman–Crippen LogP) is 4.27. The third kappa shape index (κ3) is 3.39. The Labute approximate surface area is 116 Å². The third-order valence-electron chi connectivity index (χ3n) is 2.99. The van der Waals surface area contributed by atoms with Crippen LogP contribution in [0.1, 0.15) is 19.4 Å². The van der Waals surface area contributed by atoms with E-state index >= 15 is 0 Å². The summed E-state index contributed by atoms with van der Waals surface area (Å²) in [4.78, 5) is 0. The number of nitrogens with one attached hydrogen (secondary N) is 1. The molecule has 0 heterocycles. The van der Waals surface area contributed by atoms with Crippen LogP contribution in [0.15, 0.2) is 36.4 Å². The lowest BCUT2D eigenvalue weighted by molar-refractivity contribution is 0.553. The minimum absolute atomic E-state index is 0.0623. The topological polar surface area (TPSA) is 12.0 Å². The first-order chi connectivity index (χ1) is 9.47. The summed E-state index contributed by atoms with van der Waals surface area (Å²) in [6, 6.07) is 7.80. The van der Waals surface area contributed by atoms with Crippen molar-refractivity contribution in [2.45, 2.75) is 26.4 Å². The van der Waals surface area contributed by atoms with Gasteiger partial charge in [-0.15, -0.1) is 0 Å². The van der Waals surface area contributed by atoms with Crippen molar-refractivity contribution in [3.63, 3.8) is 0 Å². The fourth-order valence-electron chi connectivity index (χ4n) is 1.89. The van der Waals surface area contributed by atoms with Gasteiger partial charge >= 0.3 is 0 Å². The summed E-state index contributed by atoms with van der Waals surface area (Å²) in [5.41, 5.74) is 0.888. The first kappa shape index (κ1) is 14.6. The van der Waals surface area contributed by atoms with Crippen LogP contribution >= 0.6 is 0 Å². The molecule has 0 aliphatic carbocycles. The van der Waals surface area contributed by atoms with Crippen molar-refractivity contribution < 1.29 is 13.2 Å². The average molecular weight is 279 g/mol. The highest BCUT2D eigenvalue weighted by atomic mass is 19.1. The molecular weight excluding hydrogens is 263 g/mol. The normalized spacial score (nSPS) is 11.1. The van der Waals surface area contributed by atoms with Gasteiger partial charge in [0.25, 0.3) is 0 Å². The number of rotatable bonds is 4. The Hall–Kier alpha value is -1.81. The van der Waals surface area contributed by atoms with E-state index < -0.39 is 17.5 Å². The molecule has 4 heteroatoms. The van der Waals surface area contributed by atoms with Crippen molar-refractivity contribution in [2.24, 2.45) is 0 Å². The van der Waals surface area contributed by atoms with Crippen molar-refractivity contribution in [1.29, 1.82) is 0 Å². The van der Waals surface area contributed by atoms with Gasteiger partial charge in [-0.2, -0.15) is 0 Å². The maximum absolute atomic E-state index is 14.0. The van der Waals surface area contributed by atoms with Gasteiger partial charge in [-0.3, -0.25) is 0 Å². The monoisotopic (exact) mass is 279 g/mol. The molecule has 1 nitrogen and oxygen atoms in total. The van der Waals surface area contributed by atoms with Crippen molar-refractivity contribution in [1.82, 2.24) is 5.32 Å². The predicted molar refractivity (Wildman–Crippen MR) is 73.7 cm³/mol. The van der Waals surface area contributed by atoms with Gasteiger partial charge in [-0.25, -0.2) is 13.2 Å². The van der Waals surface area contributed by atoms with Gasteiger partial charge in [-0.1, -0.05) is 26.0 Å². The minimum atomic E-state index is -0.571. The lowest BCUT2D eigenvalue weighted by Gasteiger charge is -2.10. The quantitative estimate of drug-likeness (QED) is 0.881. The number of hydrogen-bond donors (Lipinski definition) is 1. The molecule has 0 unspecified atom stereocenters. The van der Waals surface area contributed by atoms with E-state index in [0.717, 1.165) is 18.2 Å². The smallest absolute Gasteiger partial charge is 0.131 e. The van der Waals surface area contributed by atoms with Crippen LogP contribution in [0.2, 0.25) is 0 Å². The Morgan fingerprint density at radius 2 is 1.70 bits per heavy atom. The second-order valence-corrected chi connectivity index (χ2v) is 4.97. The molecule has 2 aromatic carbocycles. The number of hydrogen-bond acceptors (Lipinski definition) is 1. The largest absolute Gasteiger partial charge is 0.310 e. The van der Waals surface area contributed by atoms with Crippen LogP contribution in [0.4, 0.5) is 13.2 Å². The van der Waals surface area contributed by atoms with E-state index in [9.17, 15) is 13.2 Å². The second-order valence-electron chi connectivity index (χ2n) is 4.97. The summed E-state index contributed by atoms with van der Waals surface area (Å²) in [6.07, 6.45) is 0. The Bertz CT molecular complexity index is 609. The van der Waals surface area contributed by atoms with Crippen LogP contribution in [-0.2, 0) is 6.54 Å².